The van der Waals surface area contributed by atoms with E-state index in [2.05, 4.69) is 24.5 Å². The van der Waals surface area contributed by atoms with E-state index in [1.807, 2.05) is 38.1 Å². The zero-order valence-electron chi connectivity index (χ0n) is 11.1. The number of carbonyl (C=O) groups is 1. The van der Waals surface area contributed by atoms with Gasteiger partial charge in [0.15, 0.2) is 0 Å². The van der Waals surface area contributed by atoms with E-state index in [4.69, 9.17) is 0 Å². The van der Waals surface area contributed by atoms with Crippen molar-refractivity contribution in [3.05, 3.63) is 29.8 Å². The van der Waals surface area contributed by atoms with Gasteiger partial charge in [-0.05, 0) is 37.5 Å². The average Bonchev–Trinajstić information content (AvgIpc) is 2.25. The van der Waals surface area contributed by atoms with Crippen molar-refractivity contribution in [2.24, 2.45) is 5.92 Å². The van der Waals surface area contributed by atoms with Crippen molar-refractivity contribution in [1.29, 1.82) is 0 Å². The van der Waals surface area contributed by atoms with E-state index in [-0.39, 0.29) is 11.9 Å². The third-order valence-corrected chi connectivity index (χ3v) is 2.48. The van der Waals surface area contributed by atoms with Gasteiger partial charge in [-0.15, -0.1) is 0 Å². The summed E-state index contributed by atoms with van der Waals surface area (Å²) in [6.45, 7) is 8.79. The van der Waals surface area contributed by atoms with Crippen molar-refractivity contribution >= 4 is 11.6 Å². The fraction of sp³-hybridized carbons (Fsp3) is 0.500. The maximum absolute atomic E-state index is 11.8. The van der Waals surface area contributed by atoms with Gasteiger partial charge in [0.2, 0.25) is 5.91 Å². The van der Waals surface area contributed by atoms with Crippen LogP contribution in [0.5, 0.6) is 0 Å². The number of hydrogen-bond donors (Lipinski definition) is 2. The molecule has 0 unspecified atom stereocenters. The van der Waals surface area contributed by atoms with Crippen LogP contribution in [-0.4, -0.2) is 18.5 Å². The maximum atomic E-state index is 11.8. The Morgan fingerprint density at radius 1 is 1.29 bits per heavy atom. The molecular weight excluding hydrogens is 212 g/mol. The molecule has 0 aliphatic carbocycles. The maximum Gasteiger partial charge on any atom is 0.242 e. The fourth-order valence-corrected chi connectivity index (χ4v) is 1.51. The number of benzene rings is 1. The molecule has 1 atom stereocenters. The monoisotopic (exact) mass is 234 g/mol. The highest BCUT2D eigenvalue weighted by molar-refractivity contribution is 5.84. The first-order chi connectivity index (χ1) is 7.99. The minimum atomic E-state index is -0.212. The van der Waals surface area contributed by atoms with Crippen LogP contribution in [0.4, 0.5) is 5.69 Å². The van der Waals surface area contributed by atoms with Crippen molar-refractivity contribution in [2.45, 2.75) is 33.7 Å². The Balaban J connectivity index is 2.48. The second-order valence-corrected chi connectivity index (χ2v) is 4.87. The minimum absolute atomic E-state index is 0.0419. The smallest absolute Gasteiger partial charge is 0.242 e. The highest BCUT2D eigenvalue weighted by atomic mass is 16.2. The molecule has 0 heterocycles. The second-order valence-electron chi connectivity index (χ2n) is 4.87. The second kappa shape index (κ2) is 6.28. The van der Waals surface area contributed by atoms with Gasteiger partial charge in [-0.25, -0.2) is 0 Å². The molecule has 1 amide bonds. The van der Waals surface area contributed by atoms with Crippen LogP contribution in [-0.2, 0) is 4.79 Å². The summed E-state index contributed by atoms with van der Waals surface area (Å²) < 4.78 is 0. The molecule has 17 heavy (non-hydrogen) atoms. The molecule has 0 radical (unpaired) electrons. The molecule has 1 aromatic carbocycles. The molecule has 0 aliphatic rings. The lowest BCUT2D eigenvalue weighted by Crippen LogP contribution is -2.39. The molecule has 94 valence electrons. The van der Waals surface area contributed by atoms with Gasteiger partial charge >= 0.3 is 0 Å². The quantitative estimate of drug-likeness (QED) is 0.822. The molecule has 0 saturated heterocycles. The van der Waals surface area contributed by atoms with E-state index >= 15 is 0 Å². The van der Waals surface area contributed by atoms with Crippen molar-refractivity contribution < 1.29 is 4.79 Å². The third-order valence-electron chi connectivity index (χ3n) is 2.48. The summed E-state index contributed by atoms with van der Waals surface area (Å²) in [5, 5.41) is 6.11. The van der Waals surface area contributed by atoms with Crippen LogP contribution < -0.4 is 10.6 Å². The van der Waals surface area contributed by atoms with Crippen LogP contribution in [0, 0.1) is 12.8 Å². The minimum Gasteiger partial charge on any atom is -0.374 e. The Bertz CT molecular complexity index is 374. The number of carbonyl (C=O) groups excluding carboxylic acids is 1. The molecule has 0 bridgehead atoms. The van der Waals surface area contributed by atoms with Gasteiger partial charge in [0, 0.05) is 12.2 Å². The van der Waals surface area contributed by atoms with Crippen molar-refractivity contribution in [2.75, 3.05) is 11.9 Å². The third kappa shape index (κ3) is 4.89. The zero-order valence-corrected chi connectivity index (χ0v) is 11.1. The molecule has 2 N–H and O–H groups in total. The van der Waals surface area contributed by atoms with E-state index in [0.717, 1.165) is 12.2 Å². The number of anilines is 1. The van der Waals surface area contributed by atoms with E-state index in [1.165, 1.54) is 5.56 Å². The van der Waals surface area contributed by atoms with Crippen LogP contribution in [0.3, 0.4) is 0 Å². The Morgan fingerprint density at radius 2 is 2.00 bits per heavy atom. The topological polar surface area (TPSA) is 41.1 Å². The Labute approximate surface area is 104 Å². The molecule has 0 spiro atoms. The van der Waals surface area contributed by atoms with Gasteiger partial charge in [0.1, 0.15) is 6.04 Å². The summed E-state index contributed by atoms with van der Waals surface area (Å²) in [6, 6.07) is 7.81. The zero-order chi connectivity index (χ0) is 12.8. The van der Waals surface area contributed by atoms with Crippen molar-refractivity contribution in [3.8, 4) is 0 Å². The van der Waals surface area contributed by atoms with Gasteiger partial charge in [0.25, 0.3) is 0 Å². The van der Waals surface area contributed by atoms with E-state index < -0.39 is 0 Å². The lowest BCUT2D eigenvalue weighted by molar-refractivity contribution is -0.121. The molecule has 0 aromatic heterocycles. The average molecular weight is 234 g/mol. The lowest BCUT2D eigenvalue weighted by atomic mass is 10.2. The van der Waals surface area contributed by atoms with Crippen LogP contribution in [0.25, 0.3) is 0 Å². The van der Waals surface area contributed by atoms with Gasteiger partial charge in [-0.3, -0.25) is 4.79 Å². The van der Waals surface area contributed by atoms with Gasteiger partial charge in [0.05, 0.1) is 0 Å². The highest BCUT2D eigenvalue weighted by Gasteiger charge is 2.12. The molecule has 0 fully saturated rings. The lowest BCUT2D eigenvalue weighted by Gasteiger charge is -2.16. The molecular formula is C14H22N2O. The van der Waals surface area contributed by atoms with E-state index in [0.29, 0.717) is 5.92 Å². The first-order valence-corrected chi connectivity index (χ1v) is 6.10. The molecule has 0 aliphatic heterocycles. The van der Waals surface area contributed by atoms with Crippen LogP contribution >= 0.6 is 0 Å². The molecule has 0 saturated carbocycles. The van der Waals surface area contributed by atoms with Crippen LogP contribution in [0.15, 0.2) is 24.3 Å². The largest absolute Gasteiger partial charge is 0.374 e. The van der Waals surface area contributed by atoms with Crippen molar-refractivity contribution in [1.82, 2.24) is 5.32 Å². The first-order valence-electron chi connectivity index (χ1n) is 6.10. The van der Waals surface area contributed by atoms with Crippen LogP contribution in [0.1, 0.15) is 26.3 Å². The van der Waals surface area contributed by atoms with Gasteiger partial charge in [-0.2, -0.15) is 0 Å². The summed E-state index contributed by atoms with van der Waals surface area (Å²) in [6.07, 6.45) is 0. The standard InChI is InChI=1S/C14H22N2O/c1-10(2)9-15-14(17)12(4)16-13-7-5-6-11(3)8-13/h5-8,10,12,16H,9H2,1-4H3,(H,15,17)/t12-/m1/s1. The number of amides is 1. The normalized spacial score (nSPS) is 12.3. The molecule has 1 aromatic rings. The van der Waals surface area contributed by atoms with E-state index in [1.54, 1.807) is 0 Å². The molecule has 1 rings (SSSR count). The van der Waals surface area contributed by atoms with Gasteiger partial charge in [-0.1, -0.05) is 26.0 Å². The summed E-state index contributed by atoms with van der Waals surface area (Å²) in [5.74, 6) is 0.519. The highest BCUT2D eigenvalue weighted by Crippen LogP contribution is 2.10. The van der Waals surface area contributed by atoms with Crippen LogP contribution in [0.2, 0.25) is 0 Å². The first kappa shape index (κ1) is 13.6. The fourth-order valence-electron chi connectivity index (χ4n) is 1.51. The SMILES string of the molecule is Cc1cccc(N[C@H](C)C(=O)NCC(C)C)c1. The number of rotatable bonds is 5. The number of aryl methyl sites for hydroxylation is 1. The Morgan fingerprint density at radius 3 is 2.59 bits per heavy atom. The summed E-state index contributed by atoms with van der Waals surface area (Å²) in [7, 11) is 0. The van der Waals surface area contributed by atoms with Crippen molar-refractivity contribution in [3.63, 3.8) is 0 Å². The van der Waals surface area contributed by atoms with E-state index in [9.17, 15) is 4.79 Å². The Hall–Kier alpha value is -1.51. The predicted octanol–water partition coefficient (Wildman–Crippen LogP) is 2.57. The summed E-state index contributed by atoms with van der Waals surface area (Å²) >= 11 is 0. The Kier molecular flexibility index (Phi) is 5.01. The van der Waals surface area contributed by atoms with Gasteiger partial charge < -0.3 is 10.6 Å². The summed E-state index contributed by atoms with van der Waals surface area (Å²) in [4.78, 5) is 11.8. The molecule has 3 nitrogen and oxygen atoms in total. The number of nitrogens with one attached hydrogen (secondary N) is 2. The predicted molar refractivity (Wildman–Crippen MR) is 72.1 cm³/mol. The molecule has 3 heteroatoms. The summed E-state index contributed by atoms with van der Waals surface area (Å²) in [5.41, 5.74) is 2.17. The number of hydrogen-bond acceptors (Lipinski definition) is 2.